The molecule has 0 spiro atoms. The highest BCUT2D eigenvalue weighted by Crippen LogP contribution is 2.50. The fraction of sp³-hybridized carbons (Fsp3) is 0.800. The molecule has 0 radical (unpaired) electrons. The predicted molar refractivity (Wildman–Crippen MR) is 151 cm³/mol. The molecule has 1 saturated carbocycles. The van der Waals surface area contributed by atoms with Crippen LogP contribution in [-0.4, -0.2) is 90.5 Å². The smallest absolute Gasteiger partial charge is 0.233 e. The Hall–Kier alpha value is -2.01. The molecule has 1 amide bonds. The Labute approximate surface area is 238 Å². The molecule has 3 aliphatic heterocycles. The summed E-state index contributed by atoms with van der Waals surface area (Å²) in [6.45, 7) is 7.45. The molecular weight excluding hydrogens is 513 g/mol. The number of likely N-dealkylation sites (tertiary alicyclic amines) is 2. The van der Waals surface area contributed by atoms with Crippen molar-refractivity contribution in [1.29, 1.82) is 0 Å². The number of nitrogens with zero attached hydrogens (tertiary/aromatic N) is 4. The number of hydrogen-bond acceptors (Lipinski definition) is 8. The van der Waals surface area contributed by atoms with Crippen molar-refractivity contribution < 1.29 is 23.9 Å². The summed E-state index contributed by atoms with van der Waals surface area (Å²) in [5.41, 5.74) is 3.54. The minimum Gasteiger partial charge on any atom is -0.498 e. The van der Waals surface area contributed by atoms with Crippen LogP contribution in [0, 0.1) is 23.7 Å². The lowest BCUT2D eigenvalue weighted by Gasteiger charge is -2.33. The number of likely N-dealkylation sites (N-methyl/N-ethyl adjacent to an activating group) is 2. The first kappa shape index (κ1) is 29.5. The molecule has 0 aromatic carbocycles. The van der Waals surface area contributed by atoms with E-state index in [1.807, 2.05) is 11.9 Å². The molecule has 3 heterocycles. The summed E-state index contributed by atoms with van der Waals surface area (Å²) in [5, 5.41) is 9.91. The summed E-state index contributed by atoms with van der Waals surface area (Å²) in [6.07, 6.45) is 8.37. The second-order valence-electron chi connectivity index (χ2n) is 12.8. The molecule has 10 heteroatoms. The number of hydrogen-bond donors (Lipinski definition) is 2. The van der Waals surface area contributed by atoms with Crippen LogP contribution in [-0.2, 0) is 14.4 Å². The van der Waals surface area contributed by atoms with Crippen LogP contribution in [0.25, 0.3) is 0 Å². The number of halogens is 1. The van der Waals surface area contributed by atoms with E-state index in [1.54, 1.807) is 11.9 Å². The van der Waals surface area contributed by atoms with Gasteiger partial charge in [-0.15, -0.1) is 0 Å². The van der Waals surface area contributed by atoms with Gasteiger partial charge >= 0.3 is 0 Å². The molecule has 2 aliphatic carbocycles. The van der Waals surface area contributed by atoms with E-state index in [0.717, 1.165) is 50.0 Å². The number of aliphatic hydroxyl groups is 1. The third-order valence-electron chi connectivity index (χ3n) is 9.69. The number of aliphatic imine (C=N–C) groups is 1. The molecule has 5 atom stereocenters. The topological polar surface area (TPSA) is 89.9 Å². The molecular formula is C30H48FN5O4. The van der Waals surface area contributed by atoms with E-state index in [9.17, 15) is 14.3 Å². The van der Waals surface area contributed by atoms with Crippen LogP contribution in [0.2, 0.25) is 0 Å². The Morgan fingerprint density at radius 1 is 1.27 bits per heavy atom. The van der Waals surface area contributed by atoms with E-state index >= 15 is 0 Å². The first-order valence-corrected chi connectivity index (χ1v) is 15.3. The van der Waals surface area contributed by atoms with Crippen LogP contribution in [0.5, 0.6) is 0 Å². The van der Waals surface area contributed by atoms with Gasteiger partial charge in [0, 0.05) is 51.1 Å². The average Bonchev–Trinajstić information content (AvgIpc) is 3.40. The summed E-state index contributed by atoms with van der Waals surface area (Å²) in [6, 6.07) is 0.143. The van der Waals surface area contributed by atoms with Crippen molar-refractivity contribution in [2.24, 2.45) is 28.7 Å². The number of carbonyl (C=O) groups is 1. The van der Waals surface area contributed by atoms with Gasteiger partial charge in [0.1, 0.15) is 17.9 Å². The van der Waals surface area contributed by atoms with E-state index in [0.29, 0.717) is 49.2 Å². The summed E-state index contributed by atoms with van der Waals surface area (Å²) in [4.78, 5) is 29.0. The first-order valence-electron chi connectivity index (χ1n) is 15.3. The number of amidine groups is 1. The van der Waals surface area contributed by atoms with Crippen LogP contribution in [0.4, 0.5) is 4.39 Å². The van der Waals surface area contributed by atoms with Crippen LogP contribution in [0.1, 0.15) is 71.6 Å². The fourth-order valence-corrected chi connectivity index (χ4v) is 6.74. The number of hydroxylamine groups is 1. The van der Waals surface area contributed by atoms with Gasteiger partial charge in [0.15, 0.2) is 0 Å². The van der Waals surface area contributed by atoms with Crippen molar-refractivity contribution in [3.05, 3.63) is 23.2 Å². The highest BCUT2D eigenvalue weighted by Gasteiger charge is 2.44. The number of rotatable bonds is 11. The van der Waals surface area contributed by atoms with Gasteiger partial charge in [0.25, 0.3) is 0 Å². The second-order valence-corrected chi connectivity index (χ2v) is 12.8. The monoisotopic (exact) mass is 561 g/mol. The van der Waals surface area contributed by atoms with Crippen LogP contribution < -0.4 is 5.48 Å². The standard InChI is InChI=1S/C30H48FN5O4/c1-19(2)29-32-30(40-33-29)36-12-9-20(10-13-36)25-15-21(25)11-14-39-24-7-5-22(26(31)17-24)16-28(38)34(3)18-23-6-8-27(37)35(23)4/h17,19-21,23,25,27,30,37H,5-16,18H2,1-4H3,(H,32,33)/t21-,23?,25-,27?,30?/m1/s1. The van der Waals surface area contributed by atoms with Crippen molar-refractivity contribution in [2.75, 3.05) is 40.3 Å². The lowest BCUT2D eigenvalue weighted by molar-refractivity contribution is -0.130. The van der Waals surface area contributed by atoms with E-state index < -0.39 is 6.23 Å². The van der Waals surface area contributed by atoms with Gasteiger partial charge in [0.2, 0.25) is 12.3 Å². The van der Waals surface area contributed by atoms with Crippen LogP contribution >= 0.6 is 0 Å². The minimum atomic E-state index is -0.441. The van der Waals surface area contributed by atoms with E-state index in [4.69, 9.17) is 9.57 Å². The van der Waals surface area contributed by atoms with Gasteiger partial charge in [-0.2, -0.15) is 0 Å². The zero-order valence-electron chi connectivity index (χ0n) is 24.6. The molecule has 2 saturated heterocycles. The Kier molecular flexibility index (Phi) is 9.49. The van der Waals surface area contributed by atoms with Crippen molar-refractivity contribution in [3.63, 3.8) is 0 Å². The quantitative estimate of drug-likeness (QED) is 0.397. The fourth-order valence-electron chi connectivity index (χ4n) is 6.74. The average molecular weight is 562 g/mol. The van der Waals surface area contributed by atoms with Crippen molar-refractivity contribution >= 4 is 11.7 Å². The maximum atomic E-state index is 14.8. The van der Waals surface area contributed by atoms with E-state index in [-0.39, 0.29) is 30.5 Å². The zero-order valence-corrected chi connectivity index (χ0v) is 24.6. The summed E-state index contributed by atoms with van der Waals surface area (Å²) in [7, 11) is 3.64. The van der Waals surface area contributed by atoms with Crippen LogP contribution in [0.3, 0.4) is 0 Å². The van der Waals surface area contributed by atoms with E-state index in [1.165, 1.54) is 25.3 Å². The molecule has 0 bridgehead atoms. The SMILES string of the molecule is CC(C)C1=NC(N2CCC([C@H]3C[C@H]3CCOC3=CC(F)=C(CC(=O)N(C)CC4CCC(O)N4C)CC3)CC2)ON1. The lowest BCUT2D eigenvalue weighted by atomic mass is 9.90. The van der Waals surface area contributed by atoms with Crippen molar-refractivity contribution in [3.8, 4) is 0 Å². The summed E-state index contributed by atoms with van der Waals surface area (Å²) < 4.78 is 20.8. The first-order chi connectivity index (χ1) is 19.2. The molecule has 5 aliphatic rings. The maximum absolute atomic E-state index is 14.8. The van der Waals surface area contributed by atoms with Crippen molar-refractivity contribution in [1.82, 2.24) is 20.2 Å². The number of allylic oxidation sites excluding steroid dienone is 3. The molecule has 3 unspecified atom stereocenters. The molecule has 224 valence electrons. The normalized spacial score (nSPS) is 31.8. The lowest BCUT2D eigenvalue weighted by Crippen LogP contribution is -2.42. The Balaban J connectivity index is 0.990. The number of aliphatic hydroxyl groups excluding tert-OH is 1. The number of nitrogens with one attached hydrogen (secondary N) is 1. The summed E-state index contributed by atoms with van der Waals surface area (Å²) >= 11 is 0. The molecule has 5 rings (SSSR count). The number of piperidine rings is 1. The Morgan fingerprint density at radius 3 is 2.70 bits per heavy atom. The van der Waals surface area contributed by atoms with Gasteiger partial charge in [-0.05, 0) is 75.3 Å². The molecule has 2 N–H and O–H groups in total. The van der Waals surface area contributed by atoms with Crippen molar-refractivity contribution in [2.45, 2.75) is 90.3 Å². The Morgan fingerprint density at radius 2 is 2.05 bits per heavy atom. The molecule has 40 heavy (non-hydrogen) atoms. The third-order valence-corrected chi connectivity index (χ3v) is 9.69. The number of amides is 1. The second kappa shape index (κ2) is 12.9. The number of ether oxygens (including phenoxy) is 1. The predicted octanol–water partition coefficient (Wildman–Crippen LogP) is 3.78. The molecule has 9 nitrogen and oxygen atoms in total. The molecule has 0 aromatic heterocycles. The highest BCUT2D eigenvalue weighted by atomic mass is 19.1. The Bertz CT molecular complexity index is 1010. The minimum absolute atomic E-state index is 0.0798. The van der Waals surface area contributed by atoms with Gasteiger partial charge in [-0.25, -0.2) is 19.7 Å². The number of carbonyl (C=O) groups excluding carboxylic acids is 1. The highest BCUT2D eigenvalue weighted by molar-refractivity contribution is 5.84. The van der Waals surface area contributed by atoms with Gasteiger partial charge < -0.3 is 14.7 Å². The van der Waals surface area contributed by atoms with Gasteiger partial charge in [-0.1, -0.05) is 13.8 Å². The van der Waals surface area contributed by atoms with Crippen LogP contribution in [0.15, 0.2) is 28.2 Å². The maximum Gasteiger partial charge on any atom is 0.233 e. The largest absolute Gasteiger partial charge is 0.498 e. The van der Waals surface area contributed by atoms with Gasteiger partial charge in [-0.3, -0.25) is 14.6 Å². The third kappa shape index (κ3) is 7.06. The zero-order chi connectivity index (χ0) is 28.4. The molecule has 3 fully saturated rings. The summed E-state index contributed by atoms with van der Waals surface area (Å²) in [5.74, 6) is 3.82. The van der Waals surface area contributed by atoms with E-state index in [2.05, 4.69) is 29.2 Å². The molecule has 0 aromatic rings. The van der Waals surface area contributed by atoms with Gasteiger partial charge in [0.05, 0.1) is 18.8 Å².